The molecule has 0 spiro atoms. The highest BCUT2D eigenvalue weighted by molar-refractivity contribution is 6.04. The van der Waals surface area contributed by atoms with E-state index in [9.17, 15) is 9.59 Å². The molecule has 1 aromatic carbocycles. The molecule has 0 saturated carbocycles. The summed E-state index contributed by atoms with van der Waals surface area (Å²) in [6.07, 6.45) is -0.146. The number of para-hydroxylation sites is 1. The first-order valence-electron chi connectivity index (χ1n) is 6.51. The first kappa shape index (κ1) is 14.8. The van der Waals surface area contributed by atoms with Gasteiger partial charge < -0.3 is 14.5 Å². The molecule has 1 aromatic heterocycles. The van der Waals surface area contributed by atoms with Gasteiger partial charge in [-0.05, 0) is 25.5 Å². The van der Waals surface area contributed by atoms with Crippen molar-refractivity contribution in [1.29, 1.82) is 0 Å². The number of carbonyl (C=O) groups excluding carboxylic acids is 1. The van der Waals surface area contributed by atoms with Gasteiger partial charge in [0.15, 0.2) is 0 Å². The highest BCUT2D eigenvalue weighted by Crippen LogP contribution is 2.22. The third kappa shape index (κ3) is 3.47. The zero-order valence-electron chi connectivity index (χ0n) is 11.9. The molecule has 0 aliphatic carbocycles. The number of amides is 1. The van der Waals surface area contributed by atoms with E-state index in [0.717, 1.165) is 5.56 Å². The van der Waals surface area contributed by atoms with Crippen LogP contribution in [0.3, 0.4) is 0 Å². The van der Waals surface area contributed by atoms with Gasteiger partial charge in [0.25, 0.3) is 5.91 Å². The van der Waals surface area contributed by atoms with Crippen molar-refractivity contribution in [2.75, 3.05) is 11.4 Å². The number of aliphatic carboxylic acids is 1. The average molecular weight is 288 g/mol. The Hall–Kier alpha value is -2.63. The van der Waals surface area contributed by atoms with E-state index in [1.165, 1.54) is 11.0 Å². The molecular weight excluding hydrogens is 272 g/mol. The van der Waals surface area contributed by atoms with E-state index in [1.807, 2.05) is 19.1 Å². The molecule has 2 rings (SSSR count). The van der Waals surface area contributed by atoms with Crippen molar-refractivity contribution in [1.82, 2.24) is 5.16 Å². The third-order valence-electron chi connectivity index (χ3n) is 3.04. The van der Waals surface area contributed by atoms with Gasteiger partial charge >= 0.3 is 5.97 Å². The summed E-state index contributed by atoms with van der Waals surface area (Å²) in [5, 5.41) is 12.6. The van der Waals surface area contributed by atoms with Crippen LogP contribution in [0, 0.1) is 13.8 Å². The summed E-state index contributed by atoms with van der Waals surface area (Å²) >= 11 is 0. The smallest absolute Gasteiger partial charge is 0.305 e. The van der Waals surface area contributed by atoms with E-state index in [2.05, 4.69) is 5.16 Å². The SMILES string of the molecule is Cc1cc(C(=O)N(CCC(=O)O)c2ccccc2C)on1. The highest BCUT2D eigenvalue weighted by atomic mass is 16.5. The molecule has 1 N–H and O–H groups in total. The van der Waals surface area contributed by atoms with E-state index in [-0.39, 0.29) is 18.7 Å². The fourth-order valence-corrected chi connectivity index (χ4v) is 2.00. The molecule has 1 amide bonds. The maximum atomic E-state index is 12.5. The van der Waals surface area contributed by atoms with Gasteiger partial charge in [-0.25, -0.2) is 0 Å². The van der Waals surface area contributed by atoms with Crippen LogP contribution in [-0.2, 0) is 4.79 Å². The zero-order chi connectivity index (χ0) is 15.4. The number of nitrogens with zero attached hydrogens (tertiary/aromatic N) is 2. The Morgan fingerprint density at radius 1 is 1.29 bits per heavy atom. The Labute approximate surface area is 122 Å². The molecule has 0 aliphatic rings. The Balaban J connectivity index is 2.34. The van der Waals surface area contributed by atoms with Gasteiger partial charge in [-0.15, -0.1) is 0 Å². The van der Waals surface area contributed by atoms with E-state index in [0.29, 0.717) is 11.4 Å². The number of carboxylic acids is 1. The monoisotopic (exact) mass is 288 g/mol. The predicted octanol–water partition coefficient (Wildman–Crippen LogP) is 2.41. The van der Waals surface area contributed by atoms with E-state index >= 15 is 0 Å². The van der Waals surface area contributed by atoms with Crippen molar-refractivity contribution in [3.8, 4) is 0 Å². The fourth-order valence-electron chi connectivity index (χ4n) is 2.00. The molecule has 0 saturated heterocycles. The van der Waals surface area contributed by atoms with Gasteiger partial charge in [-0.1, -0.05) is 23.4 Å². The summed E-state index contributed by atoms with van der Waals surface area (Å²) in [5.41, 5.74) is 2.14. The van der Waals surface area contributed by atoms with Gasteiger partial charge in [0.2, 0.25) is 5.76 Å². The molecule has 0 bridgehead atoms. The molecule has 6 heteroatoms. The molecule has 0 fully saturated rings. The van der Waals surface area contributed by atoms with E-state index in [4.69, 9.17) is 9.63 Å². The van der Waals surface area contributed by atoms with Crippen LogP contribution in [0.25, 0.3) is 0 Å². The minimum atomic E-state index is -0.963. The summed E-state index contributed by atoms with van der Waals surface area (Å²) < 4.78 is 4.99. The van der Waals surface area contributed by atoms with Crippen molar-refractivity contribution in [2.24, 2.45) is 0 Å². The Morgan fingerprint density at radius 2 is 2.00 bits per heavy atom. The third-order valence-corrected chi connectivity index (χ3v) is 3.04. The minimum absolute atomic E-state index is 0.0682. The fraction of sp³-hybridized carbons (Fsp3) is 0.267. The average Bonchev–Trinajstić information content (AvgIpc) is 2.87. The van der Waals surface area contributed by atoms with Crippen molar-refractivity contribution in [3.63, 3.8) is 0 Å². The lowest BCUT2D eigenvalue weighted by Gasteiger charge is -2.22. The van der Waals surface area contributed by atoms with Crippen LogP contribution in [0.5, 0.6) is 0 Å². The first-order chi connectivity index (χ1) is 9.99. The number of carbonyl (C=O) groups is 2. The van der Waals surface area contributed by atoms with Crippen molar-refractivity contribution >= 4 is 17.6 Å². The topological polar surface area (TPSA) is 83.6 Å². The highest BCUT2D eigenvalue weighted by Gasteiger charge is 2.23. The second-order valence-corrected chi connectivity index (χ2v) is 4.72. The van der Waals surface area contributed by atoms with Gasteiger partial charge in [-0.2, -0.15) is 0 Å². The molecule has 0 radical (unpaired) electrons. The molecule has 1 heterocycles. The van der Waals surface area contributed by atoms with Crippen LogP contribution in [0.1, 0.15) is 28.2 Å². The van der Waals surface area contributed by atoms with Gasteiger partial charge in [0, 0.05) is 18.3 Å². The van der Waals surface area contributed by atoms with Gasteiger partial charge in [0.1, 0.15) is 0 Å². The van der Waals surface area contributed by atoms with Crippen LogP contribution < -0.4 is 4.90 Å². The summed E-state index contributed by atoms with van der Waals surface area (Å²) in [6, 6.07) is 8.83. The number of carboxylic acid groups (broad SMARTS) is 1. The van der Waals surface area contributed by atoms with E-state index < -0.39 is 11.9 Å². The Bertz CT molecular complexity index is 663. The first-order valence-corrected chi connectivity index (χ1v) is 6.51. The zero-order valence-corrected chi connectivity index (χ0v) is 11.9. The number of hydrogen-bond donors (Lipinski definition) is 1. The molecule has 21 heavy (non-hydrogen) atoms. The Kier molecular flexibility index (Phi) is 4.37. The van der Waals surface area contributed by atoms with Crippen LogP contribution >= 0.6 is 0 Å². The maximum Gasteiger partial charge on any atom is 0.305 e. The second kappa shape index (κ2) is 6.21. The molecule has 0 atom stereocenters. The Morgan fingerprint density at radius 3 is 2.57 bits per heavy atom. The standard InChI is InChI=1S/C15H16N2O4/c1-10-5-3-4-6-12(10)17(8-7-14(18)19)15(20)13-9-11(2)16-21-13/h3-6,9H,7-8H2,1-2H3,(H,18,19). The molecule has 2 aromatic rings. The summed E-state index contributed by atoms with van der Waals surface area (Å²) in [4.78, 5) is 24.7. The number of rotatable bonds is 5. The quantitative estimate of drug-likeness (QED) is 0.913. The number of aryl methyl sites for hydroxylation is 2. The number of benzene rings is 1. The second-order valence-electron chi connectivity index (χ2n) is 4.72. The molecular formula is C15H16N2O4. The maximum absolute atomic E-state index is 12.5. The van der Waals surface area contributed by atoms with E-state index in [1.54, 1.807) is 19.1 Å². The summed E-state index contributed by atoms with van der Waals surface area (Å²) in [7, 11) is 0. The number of aromatic nitrogens is 1. The molecule has 110 valence electrons. The largest absolute Gasteiger partial charge is 0.481 e. The normalized spacial score (nSPS) is 10.4. The number of hydrogen-bond acceptors (Lipinski definition) is 4. The number of anilines is 1. The van der Waals surface area contributed by atoms with Crippen molar-refractivity contribution in [3.05, 3.63) is 47.3 Å². The summed E-state index contributed by atoms with van der Waals surface area (Å²) in [5.74, 6) is -1.26. The lowest BCUT2D eigenvalue weighted by Crippen LogP contribution is -2.33. The van der Waals surface area contributed by atoms with Crippen LogP contribution in [0.15, 0.2) is 34.9 Å². The van der Waals surface area contributed by atoms with Crippen LogP contribution in [0.2, 0.25) is 0 Å². The lowest BCUT2D eigenvalue weighted by molar-refractivity contribution is -0.136. The van der Waals surface area contributed by atoms with Crippen molar-refractivity contribution < 1.29 is 19.2 Å². The predicted molar refractivity (Wildman–Crippen MR) is 76.3 cm³/mol. The molecule has 6 nitrogen and oxygen atoms in total. The minimum Gasteiger partial charge on any atom is -0.481 e. The van der Waals surface area contributed by atoms with Gasteiger partial charge in [-0.3, -0.25) is 9.59 Å². The van der Waals surface area contributed by atoms with Crippen LogP contribution in [-0.4, -0.2) is 28.7 Å². The molecule has 0 unspecified atom stereocenters. The van der Waals surface area contributed by atoms with Gasteiger partial charge in [0.05, 0.1) is 12.1 Å². The lowest BCUT2D eigenvalue weighted by atomic mass is 10.1. The summed E-state index contributed by atoms with van der Waals surface area (Å²) in [6.45, 7) is 3.65. The molecule has 0 aliphatic heterocycles. The van der Waals surface area contributed by atoms with Crippen molar-refractivity contribution in [2.45, 2.75) is 20.3 Å². The van der Waals surface area contributed by atoms with Crippen LogP contribution in [0.4, 0.5) is 5.69 Å².